The zero-order valence-electron chi connectivity index (χ0n) is 17.4. The second kappa shape index (κ2) is 9.13. The van der Waals surface area contributed by atoms with Crippen molar-refractivity contribution in [1.29, 1.82) is 0 Å². The van der Waals surface area contributed by atoms with Crippen LogP contribution in [0.2, 0.25) is 0 Å². The summed E-state index contributed by atoms with van der Waals surface area (Å²) in [5.41, 5.74) is 0.322. The molecule has 9 heteroatoms. The third-order valence-electron chi connectivity index (χ3n) is 5.07. The van der Waals surface area contributed by atoms with Gasteiger partial charge in [-0.1, -0.05) is 31.2 Å². The molecule has 1 nitrogen and oxygen atoms in total. The molecule has 1 heterocycles. The summed E-state index contributed by atoms with van der Waals surface area (Å²) in [7, 11) is 0. The van der Waals surface area contributed by atoms with Gasteiger partial charge < -0.3 is 4.74 Å². The highest BCUT2D eigenvalue weighted by atomic mass is 32.1. The summed E-state index contributed by atoms with van der Waals surface area (Å²) in [6, 6.07) is 12.9. The Labute approximate surface area is 194 Å². The van der Waals surface area contributed by atoms with E-state index in [0.717, 1.165) is 34.6 Å². The van der Waals surface area contributed by atoms with Crippen LogP contribution in [0.5, 0.6) is 5.75 Å². The van der Waals surface area contributed by atoms with E-state index < -0.39 is 46.5 Å². The largest absolute Gasteiger partial charge is 0.432 e. The van der Waals surface area contributed by atoms with E-state index in [2.05, 4.69) is 4.74 Å². The average Bonchev–Trinajstić information content (AvgIpc) is 3.27. The van der Waals surface area contributed by atoms with Crippen molar-refractivity contribution < 1.29 is 35.5 Å². The van der Waals surface area contributed by atoms with E-state index in [9.17, 15) is 30.7 Å². The summed E-state index contributed by atoms with van der Waals surface area (Å²) in [4.78, 5) is 1.25. The fourth-order valence-electron chi connectivity index (χ4n) is 3.34. The van der Waals surface area contributed by atoms with Crippen LogP contribution in [0.3, 0.4) is 0 Å². The third-order valence-corrected chi connectivity index (χ3v) is 6.26. The van der Waals surface area contributed by atoms with Crippen LogP contribution in [0.4, 0.5) is 30.7 Å². The minimum absolute atomic E-state index is 0.0230. The van der Waals surface area contributed by atoms with E-state index in [1.54, 1.807) is 12.1 Å². The predicted molar refractivity (Wildman–Crippen MR) is 115 cm³/mol. The number of thiophene rings is 1. The molecule has 34 heavy (non-hydrogen) atoms. The standard InChI is InChI=1S/C25H15F7OS/c1-2-13-3-5-14(6-4-13)21-7-8-22(34-21)15-9-17(26)23(18(27)10-15)25(31,32)33-16-11-19(28)24(30)20(29)12-16/h3-12H,2H2,1H3. The fraction of sp³-hybridized carbons (Fsp3) is 0.120. The first-order valence-electron chi connectivity index (χ1n) is 9.99. The van der Waals surface area contributed by atoms with Gasteiger partial charge in [-0.25, -0.2) is 22.0 Å². The molecule has 0 atom stereocenters. The van der Waals surface area contributed by atoms with Gasteiger partial charge in [0.15, 0.2) is 17.5 Å². The molecule has 0 spiro atoms. The van der Waals surface area contributed by atoms with Crippen LogP contribution >= 0.6 is 11.3 Å². The summed E-state index contributed by atoms with van der Waals surface area (Å²) in [6.07, 6.45) is -3.76. The molecule has 0 aliphatic rings. The molecular formula is C25H15F7OS. The van der Waals surface area contributed by atoms with Crippen molar-refractivity contribution in [3.05, 3.63) is 101 Å². The van der Waals surface area contributed by atoms with Gasteiger partial charge in [-0.05, 0) is 47.4 Å². The number of ether oxygens (including phenoxy) is 1. The van der Waals surface area contributed by atoms with Gasteiger partial charge in [0.2, 0.25) is 0 Å². The first-order valence-corrected chi connectivity index (χ1v) is 10.8. The first kappa shape index (κ1) is 23.8. The van der Waals surface area contributed by atoms with Gasteiger partial charge in [-0.3, -0.25) is 0 Å². The van der Waals surface area contributed by atoms with E-state index in [1.807, 2.05) is 31.2 Å². The lowest BCUT2D eigenvalue weighted by molar-refractivity contribution is -0.189. The van der Waals surface area contributed by atoms with Crippen molar-refractivity contribution in [2.45, 2.75) is 19.5 Å². The maximum Gasteiger partial charge on any atom is 0.432 e. The summed E-state index contributed by atoms with van der Waals surface area (Å²) in [5.74, 6) is -9.86. The minimum atomic E-state index is -4.63. The molecule has 0 saturated heterocycles. The molecule has 3 aromatic carbocycles. The van der Waals surface area contributed by atoms with Gasteiger partial charge in [0.05, 0.1) is 0 Å². The Morgan fingerprint density at radius 1 is 0.706 bits per heavy atom. The summed E-state index contributed by atoms with van der Waals surface area (Å²) in [6.45, 7) is 2.02. The van der Waals surface area contributed by atoms with Crippen molar-refractivity contribution >= 4 is 11.3 Å². The van der Waals surface area contributed by atoms with Gasteiger partial charge in [-0.15, -0.1) is 11.3 Å². The van der Waals surface area contributed by atoms with Gasteiger partial charge in [-0.2, -0.15) is 8.78 Å². The summed E-state index contributed by atoms with van der Waals surface area (Å²) in [5, 5.41) is 0. The minimum Gasteiger partial charge on any atom is -0.429 e. The summed E-state index contributed by atoms with van der Waals surface area (Å²) < 4.78 is 102. The highest BCUT2D eigenvalue weighted by Gasteiger charge is 2.41. The molecular weight excluding hydrogens is 481 g/mol. The van der Waals surface area contributed by atoms with E-state index in [1.165, 1.54) is 11.3 Å². The number of hydrogen-bond donors (Lipinski definition) is 0. The second-order valence-electron chi connectivity index (χ2n) is 7.35. The molecule has 1 aromatic heterocycles. The Kier molecular flexibility index (Phi) is 6.40. The molecule has 4 aromatic rings. The normalized spacial score (nSPS) is 11.6. The van der Waals surface area contributed by atoms with Crippen molar-refractivity contribution in [3.63, 3.8) is 0 Å². The van der Waals surface area contributed by atoms with E-state index in [0.29, 0.717) is 4.88 Å². The number of benzene rings is 3. The lowest BCUT2D eigenvalue weighted by atomic mass is 10.1. The monoisotopic (exact) mass is 496 g/mol. The lowest BCUT2D eigenvalue weighted by Crippen LogP contribution is -2.25. The lowest BCUT2D eigenvalue weighted by Gasteiger charge is -2.20. The van der Waals surface area contributed by atoms with E-state index in [4.69, 9.17) is 0 Å². The molecule has 0 unspecified atom stereocenters. The van der Waals surface area contributed by atoms with Crippen LogP contribution in [-0.2, 0) is 12.5 Å². The van der Waals surface area contributed by atoms with E-state index in [-0.39, 0.29) is 17.7 Å². The maximum atomic E-state index is 14.6. The highest BCUT2D eigenvalue weighted by Crippen LogP contribution is 2.40. The third kappa shape index (κ3) is 4.65. The predicted octanol–water partition coefficient (Wildman–Crippen LogP) is 8.47. The quantitative estimate of drug-likeness (QED) is 0.192. The van der Waals surface area contributed by atoms with Crippen molar-refractivity contribution in [2.24, 2.45) is 0 Å². The Hall–Kier alpha value is -3.33. The van der Waals surface area contributed by atoms with Crippen LogP contribution in [0.15, 0.2) is 60.7 Å². The second-order valence-corrected chi connectivity index (χ2v) is 8.43. The van der Waals surface area contributed by atoms with Crippen LogP contribution < -0.4 is 4.74 Å². The Morgan fingerprint density at radius 3 is 1.76 bits per heavy atom. The van der Waals surface area contributed by atoms with Crippen LogP contribution in [0.25, 0.3) is 20.9 Å². The van der Waals surface area contributed by atoms with Crippen LogP contribution in [-0.4, -0.2) is 0 Å². The molecule has 0 amide bonds. The number of hydrogen-bond acceptors (Lipinski definition) is 2. The Balaban J connectivity index is 1.64. The summed E-state index contributed by atoms with van der Waals surface area (Å²) >= 11 is 1.22. The Bertz CT molecular complexity index is 1300. The van der Waals surface area contributed by atoms with Crippen molar-refractivity contribution in [3.8, 4) is 26.6 Å². The highest BCUT2D eigenvalue weighted by molar-refractivity contribution is 7.18. The van der Waals surface area contributed by atoms with Gasteiger partial charge in [0.1, 0.15) is 22.9 Å². The van der Waals surface area contributed by atoms with Gasteiger partial charge in [0.25, 0.3) is 0 Å². The van der Waals surface area contributed by atoms with Gasteiger partial charge >= 0.3 is 6.11 Å². The van der Waals surface area contributed by atoms with Crippen LogP contribution in [0, 0.1) is 29.1 Å². The molecule has 0 N–H and O–H groups in total. The molecule has 0 aliphatic carbocycles. The topological polar surface area (TPSA) is 9.23 Å². The van der Waals surface area contributed by atoms with E-state index >= 15 is 0 Å². The first-order chi connectivity index (χ1) is 16.1. The number of rotatable bonds is 6. The van der Waals surface area contributed by atoms with Crippen molar-refractivity contribution in [2.75, 3.05) is 0 Å². The molecule has 0 aliphatic heterocycles. The molecule has 0 bridgehead atoms. The number of aryl methyl sites for hydroxylation is 1. The van der Waals surface area contributed by atoms with Gasteiger partial charge in [0, 0.05) is 21.9 Å². The zero-order chi connectivity index (χ0) is 24.6. The average molecular weight is 496 g/mol. The SMILES string of the molecule is CCc1ccc(-c2ccc(-c3cc(F)c(C(F)(F)Oc4cc(F)c(F)c(F)c4)c(F)c3)s2)cc1. The molecule has 176 valence electrons. The zero-order valence-corrected chi connectivity index (χ0v) is 18.3. The fourth-order valence-corrected chi connectivity index (χ4v) is 4.34. The Morgan fingerprint density at radius 2 is 1.24 bits per heavy atom. The number of alkyl halides is 2. The van der Waals surface area contributed by atoms with Crippen molar-refractivity contribution in [1.82, 2.24) is 0 Å². The number of halogens is 7. The molecule has 0 saturated carbocycles. The molecule has 0 radical (unpaired) electrons. The van der Waals surface area contributed by atoms with Crippen LogP contribution in [0.1, 0.15) is 18.1 Å². The maximum absolute atomic E-state index is 14.6. The molecule has 4 rings (SSSR count). The molecule has 0 fully saturated rings. The smallest absolute Gasteiger partial charge is 0.429 e.